The normalized spacial score (nSPS) is 27.7. The number of nitrogens with one attached hydrogen (secondary N) is 1. The van der Waals surface area contributed by atoms with Gasteiger partial charge in [0.1, 0.15) is 0 Å². The van der Waals surface area contributed by atoms with Gasteiger partial charge < -0.3 is 5.41 Å². The number of nitrogens with zero attached hydrogens (tertiary/aromatic N) is 1. The van der Waals surface area contributed by atoms with E-state index < -0.39 is 0 Å². The number of benzene rings is 1. The first-order valence-electron chi connectivity index (χ1n) is 16.8. The standard InChI is InChI=1S/C44H38N2/c45-27-33-11-1-3-17-35(33)29-13-9-15-31(23-29)41-25-43-40-22-8-6-20-38(40)42(26-44(43)39-21-7-5-19-37(39)41)32-16-10-14-30(24-32)36-18-4-2-12-34(36)28-46/h1,3-8,11,13-14,17-26,28,37-40,46H,2,9-10,12,15-16H2. The number of fused-ring (bicyclic) bond motifs is 4. The average Bonchev–Trinajstić information content (AvgIpc) is 3.14. The molecule has 0 heterocycles. The van der Waals surface area contributed by atoms with Crippen LogP contribution < -0.4 is 0 Å². The Kier molecular flexibility index (Phi) is 7.47. The quantitative estimate of drug-likeness (QED) is 0.339. The molecule has 0 saturated heterocycles. The van der Waals surface area contributed by atoms with Gasteiger partial charge in [0.25, 0.3) is 0 Å². The van der Waals surface area contributed by atoms with E-state index in [2.05, 4.69) is 109 Å². The Morgan fingerprint density at radius 2 is 1.26 bits per heavy atom. The molecule has 224 valence electrons. The first-order chi connectivity index (χ1) is 22.7. The third-order valence-electron chi connectivity index (χ3n) is 10.7. The molecule has 7 aliphatic rings. The zero-order chi connectivity index (χ0) is 31.0. The van der Waals surface area contributed by atoms with Crippen LogP contribution in [0.25, 0.3) is 5.57 Å². The van der Waals surface area contributed by atoms with Crippen LogP contribution in [0.1, 0.15) is 49.7 Å². The molecule has 0 spiro atoms. The van der Waals surface area contributed by atoms with Crippen molar-refractivity contribution in [1.29, 1.82) is 10.7 Å². The minimum Gasteiger partial charge on any atom is -0.308 e. The molecule has 2 heteroatoms. The molecule has 0 aromatic heterocycles. The molecule has 0 aliphatic heterocycles. The van der Waals surface area contributed by atoms with Crippen molar-refractivity contribution in [1.82, 2.24) is 0 Å². The van der Waals surface area contributed by atoms with Crippen LogP contribution in [0.5, 0.6) is 0 Å². The van der Waals surface area contributed by atoms with Crippen molar-refractivity contribution in [3.63, 3.8) is 0 Å². The fourth-order valence-corrected chi connectivity index (χ4v) is 8.47. The van der Waals surface area contributed by atoms with E-state index in [0.717, 1.165) is 60.8 Å². The first-order valence-corrected chi connectivity index (χ1v) is 16.8. The number of hydrogen-bond acceptors (Lipinski definition) is 2. The molecular formula is C44H38N2. The van der Waals surface area contributed by atoms with Crippen LogP contribution in [0.15, 0.2) is 172 Å². The highest BCUT2D eigenvalue weighted by Gasteiger charge is 2.40. The van der Waals surface area contributed by atoms with Crippen molar-refractivity contribution in [3.05, 3.63) is 183 Å². The summed E-state index contributed by atoms with van der Waals surface area (Å²) in [6.45, 7) is 0. The van der Waals surface area contributed by atoms with Gasteiger partial charge in [-0.25, -0.2) is 0 Å². The van der Waals surface area contributed by atoms with Crippen LogP contribution in [0.4, 0.5) is 0 Å². The van der Waals surface area contributed by atoms with Crippen molar-refractivity contribution < 1.29 is 0 Å². The van der Waals surface area contributed by atoms with Gasteiger partial charge in [0.2, 0.25) is 0 Å². The van der Waals surface area contributed by atoms with Gasteiger partial charge >= 0.3 is 0 Å². The highest BCUT2D eigenvalue weighted by molar-refractivity contribution is 5.82. The molecule has 8 rings (SSSR count). The zero-order valence-electron chi connectivity index (χ0n) is 26.1. The zero-order valence-corrected chi connectivity index (χ0v) is 26.1. The van der Waals surface area contributed by atoms with Crippen molar-refractivity contribution >= 4 is 11.8 Å². The average molecular weight is 595 g/mol. The lowest BCUT2D eigenvalue weighted by atomic mass is 9.61. The van der Waals surface area contributed by atoms with E-state index >= 15 is 0 Å². The van der Waals surface area contributed by atoms with Crippen molar-refractivity contribution in [2.75, 3.05) is 0 Å². The molecule has 1 aromatic carbocycles. The molecule has 46 heavy (non-hydrogen) atoms. The van der Waals surface area contributed by atoms with Crippen LogP contribution in [-0.2, 0) is 0 Å². The number of allylic oxidation sites excluding steroid dienone is 26. The second-order valence-corrected chi connectivity index (χ2v) is 13.2. The fourth-order valence-electron chi connectivity index (χ4n) is 8.47. The van der Waals surface area contributed by atoms with Crippen LogP contribution in [0.3, 0.4) is 0 Å². The van der Waals surface area contributed by atoms with Gasteiger partial charge in [0.15, 0.2) is 0 Å². The Morgan fingerprint density at radius 3 is 1.89 bits per heavy atom. The van der Waals surface area contributed by atoms with E-state index in [1.54, 1.807) is 6.21 Å². The summed E-state index contributed by atoms with van der Waals surface area (Å²) in [7, 11) is 0. The third-order valence-corrected chi connectivity index (χ3v) is 10.7. The molecular weight excluding hydrogens is 556 g/mol. The van der Waals surface area contributed by atoms with Crippen LogP contribution in [0.2, 0.25) is 0 Å². The molecule has 7 aliphatic carbocycles. The Bertz CT molecular complexity index is 1970. The predicted octanol–water partition coefficient (Wildman–Crippen LogP) is 10.5. The van der Waals surface area contributed by atoms with Gasteiger partial charge in [-0.2, -0.15) is 5.26 Å². The van der Waals surface area contributed by atoms with Crippen molar-refractivity contribution in [2.24, 2.45) is 23.7 Å². The summed E-state index contributed by atoms with van der Waals surface area (Å²) in [6.07, 6.45) is 45.2. The first kappa shape index (κ1) is 28.5. The van der Waals surface area contributed by atoms with Crippen LogP contribution >= 0.6 is 0 Å². The monoisotopic (exact) mass is 594 g/mol. The number of hydrogen-bond donors (Lipinski definition) is 1. The van der Waals surface area contributed by atoms with Gasteiger partial charge in [0.05, 0.1) is 11.6 Å². The Morgan fingerprint density at radius 1 is 0.674 bits per heavy atom. The summed E-state index contributed by atoms with van der Waals surface area (Å²) in [6, 6.07) is 10.4. The minimum atomic E-state index is 0.293. The van der Waals surface area contributed by atoms with E-state index in [9.17, 15) is 5.26 Å². The molecule has 0 radical (unpaired) electrons. The summed E-state index contributed by atoms with van der Waals surface area (Å²) in [4.78, 5) is 0. The topological polar surface area (TPSA) is 47.6 Å². The minimum absolute atomic E-state index is 0.293. The number of rotatable bonds is 5. The second kappa shape index (κ2) is 12.1. The smallest absolute Gasteiger partial charge is 0.0998 e. The van der Waals surface area contributed by atoms with E-state index in [1.165, 1.54) is 44.6 Å². The molecule has 1 N–H and O–H groups in total. The van der Waals surface area contributed by atoms with Gasteiger partial charge in [-0.15, -0.1) is 0 Å². The van der Waals surface area contributed by atoms with Gasteiger partial charge in [-0.3, -0.25) is 0 Å². The van der Waals surface area contributed by atoms with E-state index in [4.69, 9.17) is 5.41 Å². The lowest BCUT2D eigenvalue weighted by Crippen LogP contribution is -2.31. The summed E-state index contributed by atoms with van der Waals surface area (Å²) in [5.41, 5.74) is 15.2. The summed E-state index contributed by atoms with van der Waals surface area (Å²) < 4.78 is 0. The van der Waals surface area contributed by atoms with E-state index in [1.807, 2.05) is 18.2 Å². The largest absolute Gasteiger partial charge is 0.308 e. The van der Waals surface area contributed by atoms with Gasteiger partial charge in [-0.1, -0.05) is 115 Å². The van der Waals surface area contributed by atoms with Gasteiger partial charge in [0, 0.05) is 29.9 Å². The second-order valence-electron chi connectivity index (χ2n) is 13.2. The highest BCUT2D eigenvalue weighted by atomic mass is 14.4. The summed E-state index contributed by atoms with van der Waals surface area (Å²) >= 11 is 0. The molecule has 4 atom stereocenters. The molecule has 0 bridgehead atoms. The number of nitriles is 1. The Labute approximate surface area is 272 Å². The lowest BCUT2D eigenvalue weighted by Gasteiger charge is -2.42. The molecule has 0 fully saturated rings. The highest BCUT2D eigenvalue weighted by Crippen LogP contribution is 2.52. The maximum absolute atomic E-state index is 9.81. The van der Waals surface area contributed by atoms with Gasteiger partial charge in [-0.05, 0) is 106 Å². The molecule has 1 aromatic rings. The SMILES string of the molecule is N#Cc1ccccc1C1=CCCC(C2=CC3=C(C=C(C4=CC(C5=C(C=N)CCC=C5)=CCC4)C4C=CC=CC34)C3C=CC=CC23)=C1. The summed E-state index contributed by atoms with van der Waals surface area (Å²) in [5, 5.41) is 17.8. The fraction of sp³-hybridized carbons (Fsp3) is 0.227. The maximum Gasteiger partial charge on any atom is 0.0998 e. The van der Waals surface area contributed by atoms with Crippen LogP contribution in [0, 0.1) is 40.4 Å². The summed E-state index contributed by atoms with van der Waals surface area (Å²) in [5.74, 6) is 1.20. The third kappa shape index (κ3) is 4.92. The molecule has 4 unspecified atom stereocenters. The molecule has 0 amide bonds. The molecule has 0 saturated carbocycles. The van der Waals surface area contributed by atoms with Crippen molar-refractivity contribution in [2.45, 2.75) is 38.5 Å². The van der Waals surface area contributed by atoms with Crippen molar-refractivity contribution in [3.8, 4) is 6.07 Å². The Balaban J connectivity index is 1.23. The maximum atomic E-state index is 9.81. The lowest BCUT2D eigenvalue weighted by molar-refractivity contribution is 0.534. The van der Waals surface area contributed by atoms with Crippen LogP contribution in [-0.4, -0.2) is 6.21 Å². The molecule has 2 nitrogen and oxygen atoms in total. The predicted molar refractivity (Wildman–Crippen MR) is 190 cm³/mol. The van der Waals surface area contributed by atoms with E-state index in [-0.39, 0.29) is 0 Å². The van der Waals surface area contributed by atoms with E-state index in [0.29, 0.717) is 23.7 Å². The Hall–Kier alpha value is -5.00.